The van der Waals surface area contributed by atoms with Gasteiger partial charge in [-0.3, -0.25) is 4.79 Å². The topological polar surface area (TPSA) is 95.9 Å². The van der Waals surface area contributed by atoms with Gasteiger partial charge >= 0.3 is 12.1 Å². The lowest BCUT2D eigenvalue weighted by molar-refractivity contribution is -0.148. The Morgan fingerprint density at radius 2 is 1.73 bits per heavy atom. The first-order valence-corrected chi connectivity index (χ1v) is 11.6. The lowest BCUT2D eigenvalue weighted by Crippen LogP contribution is -2.41. The number of hydrogen-bond acceptors (Lipinski definition) is 4. The van der Waals surface area contributed by atoms with E-state index < -0.39 is 18.1 Å². The van der Waals surface area contributed by atoms with Crippen LogP contribution in [0.4, 0.5) is 4.79 Å². The molecule has 1 fully saturated rings. The molecule has 2 aromatic rings. The van der Waals surface area contributed by atoms with Gasteiger partial charge in [-0.15, -0.1) is 0 Å². The number of ether oxygens (including phenoxy) is 1. The first kappa shape index (κ1) is 22.8. The van der Waals surface area contributed by atoms with Crippen LogP contribution in [0.15, 0.2) is 48.5 Å². The lowest BCUT2D eigenvalue weighted by Gasteiger charge is -2.23. The highest BCUT2D eigenvalue weighted by Crippen LogP contribution is 2.44. The van der Waals surface area contributed by atoms with E-state index in [1.54, 1.807) is 0 Å². The van der Waals surface area contributed by atoms with E-state index in [1.165, 1.54) is 16.0 Å². The summed E-state index contributed by atoms with van der Waals surface area (Å²) in [5.74, 6) is -1.13. The predicted molar refractivity (Wildman–Crippen MR) is 124 cm³/mol. The summed E-state index contributed by atoms with van der Waals surface area (Å²) in [5.41, 5.74) is 4.66. The van der Waals surface area contributed by atoms with Crippen molar-refractivity contribution in [2.24, 2.45) is 0 Å². The molecule has 174 valence electrons. The van der Waals surface area contributed by atoms with Crippen LogP contribution in [-0.2, 0) is 14.3 Å². The Hall–Kier alpha value is -3.35. The highest BCUT2D eigenvalue weighted by atomic mass is 16.5. The molecule has 33 heavy (non-hydrogen) atoms. The van der Waals surface area contributed by atoms with Crippen molar-refractivity contribution >= 4 is 18.0 Å². The first-order chi connectivity index (χ1) is 16.0. The lowest BCUT2D eigenvalue weighted by atomic mass is 9.98. The fourth-order valence-corrected chi connectivity index (χ4v) is 4.95. The molecule has 1 heterocycles. The van der Waals surface area contributed by atoms with Crippen molar-refractivity contribution < 1.29 is 24.2 Å². The maximum absolute atomic E-state index is 12.5. The van der Waals surface area contributed by atoms with Crippen LogP contribution in [0.5, 0.6) is 0 Å². The molecule has 2 aliphatic rings. The zero-order chi connectivity index (χ0) is 23.4. The molecule has 2 N–H and O–H groups in total. The Kier molecular flexibility index (Phi) is 6.96. The van der Waals surface area contributed by atoms with Gasteiger partial charge < -0.3 is 20.1 Å². The average molecular weight is 451 g/mol. The SMILES string of the molecule is CCC(CCC(=O)N1CCC[C@@H]1C(=O)O)NC(=O)OCC1c2ccccc2-c2ccccc21. The number of alkyl carbamates (subject to hydrolysis) is 1. The third kappa shape index (κ3) is 4.87. The van der Waals surface area contributed by atoms with E-state index >= 15 is 0 Å². The largest absolute Gasteiger partial charge is 0.480 e. The molecule has 7 heteroatoms. The highest BCUT2D eigenvalue weighted by Gasteiger charge is 2.34. The quantitative estimate of drug-likeness (QED) is 0.630. The average Bonchev–Trinajstić information content (AvgIpc) is 3.44. The molecule has 0 saturated carbocycles. The minimum Gasteiger partial charge on any atom is -0.480 e. The van der Waals surface area contributed by atoms with Gasteiger partial charge in [0.15, 0.2) is 0 Å². The second-order valence-corrected chi connectivity index (χ2v) is 8.70. The van der Waals surface area contributed by atoms with Crippen LogP contribution in [0.25, 0.3) is 11.1 Å². The Bertz CT molecular complexity index is 991. The molecule has 1 unspecified atom stereocenters. The summed E-state index contributed by atoms with van der Waals surface area (Å²) in [6.45, 7) is 2.66. The van der Waals surface area contributed by atoms with Gasteiger partial charge in [0.25, 0.3) is 0 Å². The third-order valence-electron chi connectivity index (χ3n) is 6.72. The summed E-state index contributed by atoms with van der Waals surface area (Å²) in [4.78, 5) is 37.8. The second kappa shape index (κ2) is 10.1. The molecule has 1 saturated heterocycles. The number of fused-ring (bicyclic) bond motifs is 3. The molecular formula is C26H30N2O5. The molecule has 7 nitrogen and oxygen atoms in total. The number of carboxylic acids is 1. The van der Waals surface area contributed by atoms with Crippen molar-refractivity contribution in [1.29, 1.82) is 0 Å². The van der Waals surface area contributed by atoms with Gasteiger partial charge in [-0.05, 0) is 47.9 Å². The fourth-order valence-electron chi connectivity index (χ4n) is 4.95. The number of hydrogen-bond donors (Lipinski definition) is 2. The minimum atomic E-state index is -0.954. The van der Waals surface area contributed by atoms with Gasteiger partial charge in [0.05, 0.1) is 0 Å². The van der Waals surface area contributed by atoms with E-state index in [0.29, 0.717) is 32.2 Å². The summed E-state index contributed by atoms with van der Waals surface area (Å²) in [6.07, 6.45) is 2.00. The molecule has 0 bridgehead atoms. The van der Waals surface area contributed by atoms with Gasteiger partial charge in [0, 0.05) is 24.9 Å². The number of likely N-dealkylation sites (tertiary alicyclic amines) is 1. The summed E-state index contributed by atoms with van der Waals surface area (Å²) in [7, 11) is 0. The van der Waals surface area contributed by atoms with Crippen LogP contribution < -0.4 is 5.32 Å². The second-order valence-electron chi connectivity index (χ2n) is 8.70. The molecule has 0 aromatic heterocycles. The molecular weight excluding hydrogens is 420 g/mol. The summed E-state index contributed by atoms with van der Waals surface area (Å²) < 4.78 is 5.60. The predicted octanol–water partition coefficient (Wildman–Crippen LogP) is 4.16. The maximum atomic E-state index is 12.5. The van der Waals surface area contributed by atoms with E-state index in [2.05, 4.69) is 29.6 Å². The summed E-state index contributed by atoms with van der Waals surface area (Å²) >= 11 is 0. The van der Waals surface area contributed by atoms with Crippen molar-refractivity contribution in [3.8, 4) is 11.1 Å². The smallest absolute Gasteiger partial charge is 0.407 e. The van der Waals surface area contributed by atoms with E-state index in [0.717, 1.165) is 11.1 Å². The molecule has 0 spiro atoms. The third-order valence-corrected chi connectivity index (χ3v) is 6.72. The summed E-state index contributed by atoms with van der Waals surface area (Å²) in [5, 5.41) is 12.1. The molecule has 2 aromatic carbocycles. The Morgan fingerprint density at radius 3 is 2.33 bits per heavy atom. The monoisotopic (exact) mass is 450 g/mol. The van der Waals surface area contributed by atoms with Crippen molar-refractivity contribution in [1.82, 2.24) is 10.2 Å². The van der Waals surface area contributed by atoms with Crippen LogP contribution in [-0.4, -0.2) is 53.2 Å². The molecule has 1 aliphatic heterocycles. The molecule has 1 aliphatic carbocycles. The van der Waals surface area contributed by atoms with Crippen LogP contribution >= 0.6 is 0 Å². The van der Waals surface area contributed by atoms with E-state index in [4.69, 9.17) is 4.74 Å². The van der Waals surface area contributed by atoms with Crippen molar-refractivity contribution in [2.75, 3.05) is 13.2 Å². The minimum absolute atomic E-state index is 0.00655. The zero-order valence-corrected chi connectivity index (χ0v) is 18.8. The Morgan fingerprint density at radius 1 is 1.09 bits per heavy atom. The number of carbonyl (C=O) groups excluding carboxylic acids is 2. The molecule has 4 rings (SSSR count). The van der Waals surface area contributed by atoms with Crippen LogP contribution in [0, 0.1) is 0 Å². The van der Waals surface area contributed by atoms with Gasteiger partial charge in [-0.1, -0.05) is 55.5 Å². The summed E-state index contributed by atoms with van der Waals surface area (Å²) in [6, 6.07) is 15.4. The Balaban J connectivity index is 1.30. The number of rotatable bonds is 8. The van der Waals surface area contributed by atoms with Crippen LogP contribution in [0.1, 0.15) is 56.1 Å². The van der Waals surface area contributed by atoms with Gasteiger partial charge in [-0.25, -0.2) is 9.59 Å². The number of nitrogens with one attached hydrogen (secondary N) is 1. The van der Waals surface area contributed by atoms with Crippen LogP contribution in [0.3, 0.4) is 0 Å². The van der Waals surface area contributed by atoms with E-state index in [1.807, 2.05) is 31.2 Å². The van der Waals surface area contributed by atoms with E-state index in [9.17, 15) is 19.5 Å². The standard InChI is InChI=1S/C26H30N2O5/c1-2-17(13-14-24(29)28-15-7-12-23(28)25(30)31)27-26(32)33-16-22-20-10-5-3-8-18(20)19-9-4-6-11-21(19)22/h3-6,8-11,17,22-23H,2,7,12-16H2,1H3,(H,27,32)(H,30,31)/t17?,23-/m1/s1. The normalized spacial score (nSPS) is 17.8. The van der Waals surface area contributed by atoms with Crippen molar-refractivity contribution in [3.05, 3.63) is 59.7 Å². The van der Waals surface area contributed by atoms with Gasteiger partial charge in [0.2, 0.25) is 5.91 Å². The number of nitrogens with zero attached hydrogens (tertiary/aromatic N) is 1. The number of carbonyl (C=O) groups is 3. The highest BCUT2D eigenvalue weighted by molar-refractivity contribution is 5.84. The molecule has 0 radical (unpaired) electrons. The van der Waals surface area contributed by atoms with Gasteiger partial charge in [0.1, 0.15) is 12.6 Å². The zero-order valence-electron chi connectivity index (χ0n) is 18.8. The van der Waals surface area contributed by atoms with Crippen molar-refractivity contribution in [2.45, 2.75) is 57.0 Å². The fraction of sp³-hybridized carbons (Fsp3) is 0.423. The Labute approximate surface area is 193 Å². The van der Waals surface area contributed by atoms with Gasteiger partial charge in [-0.2, -0.15) is 0 Å². The maximum Gasteiger partial charge on any atom is 0.407 e. The van der Waals surface area contributed by atoms with Crippen molar-refractivity contribution in [3.63, 3.8) is 0 Å². The first-order valence-electron chi connectivity index (χ1n) is 11.6. The molecule has 2 amide bonds. The number of benzene rings is 2. The molecule has 2 atom stereocenters. The number of amides is 2. The number of carboxylic acid groups (broad SMARTS) is 1. The number of aliphatic carboxylic acids is 1. The van der Waals surface area contributed by atoms with Crippen LogP contribution in [0.2, 0.25) is 0 Å². The van der Waals surface area contributed by atoms with E-state index in [-0.39, 0.29) is 30.9 Å².